The molecule has 1 N–H and O–H groups in total. The number of nitrogens with zero attached hydrogens (tertiary/aromatic N) is 4. The fraction of sp³-hybridized carbons (Fsp3) is 0.261. The number of hydrogen-bond acceptors (Lipinski definition) is 5. The standard InChI is InChI=1S/C23H26BrN5OS/c1-4-15-29-22(17-7-13-20(14-8-17)28(5-2)6-3)26-27-23(29)31-16-21(30)25-19-11-9-18(24)10-12-19/h4,7-14H,1,5-6,15-16H2,2-3H3,(H,25,30). The van der Waals surface area contributed by atoms with Crippen LogP contribution in [0.3, 0.4) is 0 Å². The van der Waals surface area contributed by atoms with Gasteiger partial charge in [-0.2, -0.15) is 0 Å². The van der Waals surface area contributed by atoms with Crippen LogP contribution in [0.25, 0.3) is 11.4 Å². The van der Waals surface area contributed by atoms with Gasteiger partial charge in [0.25, 0.3) is 0 Å². The Balaban J connectivity index is 1.72. The third-order valence-corrected chi connectivity index (χ3v) is 6.24. The fourth-order valence-corrected chi connectivity index (χ4v) is 4.19. The SMILES string of the molecule is C=CCn1c(SCC(=O)Nc2ccc(Br)cc2)nnc1-c1ccc(N(CC)CC)cc1. The van der Waals surface area contributed by atoms with Crippen molar-refractivity contribution in [2.45, 2.75) is 25.5 Å². The first-order chi connectivity index (χ1) is 15.0. The van der Waals surface area contributed by atoms with Gasteiger partial charge in [-0.3, -0.25) is 9.36 Å². The van der Waals surface area contributed by atoms with Crippen LogP contribution in [0.15, 0.2) is 70.8 Å². The van der Waals surface area contributed by atoms with Crippen LogP contribution in [0.5, 0.6) is 0 Å². The summed E-state index contributed by atoms with van der Waals surface area (Å²) in [4.78, 5) is 14.6. The van der Waals surface area contributed by atoms with Crippen LogP contribution in [0.1, 0.15) is 13.8 Å². The molecule has 1 aromatic heterocycles. The molecular formula is C23H26BrN5OS. The maximum absolute atomic E-state index is 12.3. The second-order valence-electron chi connectivity index (χ2n) is 6.77. The zero-order valence-electron chi connectivity index (χ0n) is 17.7. The number of allylic oxidation sites excluding steroid dienone is 1. The summed E-state index contributed by atoms with van der Waals surface area (Å²) in [5.41, 5.74) is 2.93. The summed E-state index contributed by atoms with van der Waals surface area (Å²) in [5.74, 6) is 0.916. The number of amides is 1. The molecule has 2 aromatic carbocycles. The van der Waals surface area contributed by atoms with Crippen LogP contribution in [0.2, 0.25) is 0 Å². The monoisotopic (exact) mass is 499 g/mol. The van der Waals surface area contributed by atoms with Crippen molar-refractivity contribution in [3.05, 3.63) is 65.7 Å². The van der Waals surface area contributed by atoms with Crippen molar-refractivity contribution in [3.8, 4) is 11.4 Å². The highest BCUT2D eigenvalue weighted by atomic mass is 79.9. The highest BCUT2D eigenvalue weighted by Crippen LogP contribution is 2.26. The molecule has 31 heavy (non-hydrogen) atoms. The van der Waals surface area contributed by atoms with E-state index < -0.39 is 0 Å². The highest BCUT2D eigenvalue weighted by molar-refractivity contribution is 9.10. The summed E-state index contributed by atoms with van der Waals surface area (Å²) in [6, 6.07) is 15.8. The predicted octanol–water partition coefficient (Wildman–Crippen LogP) is 5.47. The Hall–Kier alpha value is -2.58. The lowest BCUT2D eigenvalue weighted by Crippen LogP contribution is -2.21. The van der Waals surface area contributed by atoms with Gasteiger partial charge >= 0.3 is 0 Å². The van der Waals surface area contributed by atoms with E-state index in [2.05, 4.69) is 81.0 Å². The molecule has 0 aliphatic heterocycles. The largest absolute Gasteiger partial charge is 0.372 e. The number of thioether (sulfide) groups is 1. The number of nitrogens with one attached hydrogen (secondary N) is 1. The molecule has 3 rings (SSSR count). The molecule has 6 nitrogen and oxygen atoms in total. The molecule has 0 aliphatic carbocycles. The summed E-state index contributed by atoms with van der Waals surface area (Å²) in [6.07, 6.45) is 1.81. The molecular weight excluding hydrogens is 474 g/mol. The number of rotatable bonds is 10. The first-order valence-electron chi connectivity index (χ1n) is 10.1. The molecule has 0 atom stereocenters. The van der Waals surface area contributed by atoms with Crippen molar-refractivity contribution in [2.75, 3.05) is 29.1 Å². The van der Waals surface area contributed by atoms with Crippen LogP contribution in [-0.2, 0) is 11.3 Å². The summed E-state index contributed by atoms with van der Waals surface area (Å²) in [5, 5.41) is 12.3. The van der Waals surface area contributed by atoms with Gasteiger partial charge in [0.05, 0.1) is 5.75 Å². The molecule has 0 spiro atoms. The van der Waals surface area contributed by atoms with Crippen LogP contribution in [-0.4, -0.2) is 39.5 Å². The molecule has 162 valence electrons. The maximum atomic E-state index is 12.3. The van der Waals surface area contributed by atoms with Crippen LogP contribution in [0, 0.1) is 0 Å². The van der Waals surface area contributed by atoms with E-state index in [0.29, 0.717) is 11.7 Å². The van der Waals surface area contributed by atoms with Crippen molar-refractivity contribution >= 4 is 45.0 Å². The second-order valence-corrected chi connectivity index (χ2v) is 8.63. The zero-order valence-corrected chi connectivity index (χ0v) is 20.1. The third kappa shape index (κ3) is 5.98. The molecule has 8 heteroatoms. The van der Waals surface area contributed by atoms with Crippen LogP contribution in [0.4, 0.5) is 11.4 Å². The molecule has 1 heterocycles. The highest BCUT2D eigenvalue weighted by Gasteiger charge is 2.15. The zero-order chi connectivity index (χ0) is 22.2. The Morgan fingerprint density at radius 2 is 1.81 bits per heavy atom. The van der Waals surface area contributed by atoms with E-state index in [-0.39, 0.29) is 11.7 Å². The Kier molecular flexibility index (Phi) is 8.31. The smallest absolute Gasteiger partial charge is 0.234 e. The quantitative estimate of drug-likeness (QED) is 0.296. The number of anilines is 2. The van der Waals surface area contributed by atoms with Gasteiger partial charge in [0.2, 0.25) is 5.91 Å². The number of carbonyl (C=O) groups excluding carboxylic acids is 1. The van der Waals surface area contributed by atoms with Gasteiger partial charge in [-0.05, 0) is 62.4 Å². The van der Waals surface area contributed by atoms with Gasteiger partial charge in [0.15, 0.2) is 11.0 Å². The van der Waals surface area contributed by atoms with Gasteiger partial charge < -0.3 is 10.2 Å². The number of carbonyl (C=O) groups is 1. The number of hydrogen-bond donors (Lipinski definition) is 1. The van der Waals surface area contributed by atoms with Crippen molar-refractivity contribution < 1.29 is 4.79 Å². The lowest BCUT2D eigenvalue weighted by Gasteiger charge is -2.21. The molecule has 0 radical (unpaired) electrons. The minimum Gasteiger partial charge on any atom is -0.372 e. The maximum Gasteiger partial charge on any atom is 0.234 e. The van der Waals surface area contributed by atoms with Crippen molar-refractivity contribution in [3.63, 3.8) is 0 Å². The number of benzene rings is 2. The van der Waals surface area contributed by atoms with Crippen molar-refractivity contribution in [2.24, 2.45) is 0 Å². The average molecular weight is 500 g/mol. The summed E-state index contributed by atoms with van der Waals surface area (Å²) >= 11 is 4.75. The summed E-state index contributed by atoms with van der Waals surface area (Å²) in [6.45, 7) is 10.6. The Morgan fingerprint density at radius 3 is 2.42 bits per heavy atom. The minimum atomic E-state index is -0.0920. The number of halogens is 1. The van der Waals surface area contributed by atoms with E-state index in [1.54, 1.807) is 0 Å². The molecule has 0 bridgehead atoms. The van der Waals surface area contributed by atoms with Gasteiger partial charge in [-0.1, -0.05) is 33.8 Å². The lowest BCUT2D eigenvalue weighted by molar-refractivity contribution is -0.113. The van der Waals surface area contributed by atoms with E-state index in [1.807, 2.05) is 34.9 Å². The predicted molar refractivity (Wildman–Crippen MR) is 133 cm³/mol. The number of aromatic nitrogens is 3. The lowest BCUT2D eigenvalue weighted by atomic mass is 10.2. The molecule has 0 saturated carbocycles. The van der Waals surface area contributed by atoms with Gasteiger partial charge in [0, 0.05) is 41.0 Å². The average Bonchev–Trinajstić information content (AvgIpc) is 3.18. The molecule has 1 amide bonds. The van der Waals surface area contributed by atoms with Gasteiger partial charge in [0.1, 0.15) is 0 Å². The topological polar surface area (TPSA) is 63.1 Å². The Labute approximate surface area is 195 Å². The van der Waals surface area contributed by atoms with E-state index in [4.69, 9.17) is 0 Å². The van der Waals surface area contributed by atoms with E-state index in [9.17, 15) is 4.79 Å². The molecule has 0 unspecified atom stereocenters. The molecule has 3 aromatic rings. The Bertz CT molecular complexity index is 1010. The second kappa shape index (κ2) is 11.2. The summed E-state index contributed by atoms with van der Waals surface area (Å²) in [7, 11) is 0. The van der Waals surface area contributed by atoms with E-state index in [0.717, 1.165) is 34.6 Å². The van der Waals surface area contributed by atoms with Gasteiger partial charge in [-0.15, -0.1) is 16.8 Å². The van der Waals surface area contributed by atoms with E-state index in [1.165, 1.54) is 17.4 Å². The molecule has 0 saturated heterocycles. The summed E-state index contributed by atoms with van der Waals surface area (Å²) < 4.78 is 2.95. The van der Waals surface area contributed by atoms with Crippen molar-refractivity contribution in [1.29, 1.82) is 0 Å². The molecule has 0 fully saturated rings. The van der Waals surface area contributed by atoms with Gasteiger partial charge in [-0.25, -0.2) is 0 Å². The van der Waals surface area contributed by atoms with Crippen LogP contribution >= 0.6 is 27.7 Å². The first kappa shape index (κ1) is 23.1. The minimum absolute atomic E-state index is 0.0920. The normalized spacial score (nSPS) is 10.7. The molecule has 0 aliphatic rings. The van der Waals surface area contributed by atoms with Crippen molar-refractivity contribution in [1.82, 2.24) is 14.8 Å². The first-order valence-corrected chi connectivity index (χ1v) is 11.9. The third-order valence-electron chi connectivity index (χ3n) is 4.74. The fourth-order valence-electron chi connectivity index (χ4n) is 3.17. The van der Waals surface area contributed by atoms with Crippen LogP contribution < -0.4 is 10.2 Å². The van der Waals surface area contributed by atoms with E-state index >= 15 is 0 Å². The Morgan fingerprint density at radius 1 is 1.13 bits per heavy atom.